The van der Waals surface area contributed by atoms with E-state index in [0.717, 1.165) is 19.2 Å². The standard InChI is InChI=1S/C10H11F2NO/c1-14-10-8(6-4-13-5-6)2-7(11)3-9(10)12/h2-3,6,13H,4-5H2,1H3. The van der Waals surface area contributed by atoms with Gasteiger partial charge in [-0.15, -0.1) is 0 Å². The zero-order valence-electron chi connectivity index (χ0n) is 7.81. The summed E-state index contributed by atoms with van der Waals surface area (Å²) >= 11 is 0. The molecule has 0 spiro atoms. The first-order valence-corrected chi connectivity index (χ1v) is 4.46. The molecule has 0 aliphatic carbocycles. The van der Waals surface area contributed by atoms with Crippen LogP contribution >= 0.6 is 0 Å². The largest absolute Gasteiger partial charge is 0.493 e. The van der Waals surface area contributed by atoms with Crippen LogP contribution in [0.2, 0.25) is 0 Å². The van der Waals surface area contributed by atoms with Gasteiger partial charge in [-0.3, -0.25) is 0 Å². The molecule has 0 bridgehead atoms. The van der Waals surface area contributed by atoms with Crippen molar-refractivity contribution in [3.63, 3.8) is 0 Å². The third kappa shape index (κ3) is 1.46. The first-order chi connectivity index (χ1) is 6.72. The van der Waals surface area contributed by atoms with Crippen LogP contribution in [0.5, 0.6) is 5.75 Å². The minimum Gasteiger partial charge on any atom is -0.493 e. The number of ether oxygens (including phenoxy) is 1. The Kier molecular flexibility index (Phi) is 2.37. The maximum Gasteiger partial charge on any atom is 0.168 e. The zero-order valence-corrected chi connectivity index (χ0v) is 7.81. The average molecular weight is 199 g/mol. The van der Waals surface area contributed by atoms with Crippen molar-refractivity contribution >= 4 is 0 Å². The van der Waals surface area contributed by atoms with E-state index in [0.29, 0.717) is 5.56 Å². The highest BCUT2D eigenvalue weighted by Gasteiger charge is 2.25. The first kappa shape index (κ1) is 9.40. The van der Waals surface area contributed by atoms with Crippen LogP contribution in [0.3, 0.4) is 0 Å². The van der Waals surface area contributed by atoms with E-state index in [2.05, 4.69) is 5.32 Å². The summed E-state index contributed by atoms with van der Waals surface area (Å²) in [5, 5.41) is 3.05. The third-order valence-electron chi connectivity index (χ3n) is 2.46. The molecule has 1 saturated heterocycles. The summed E-state index contributed by atoms with van der Waals surface area (Å²) in [6.07, 6.45) is 0. The minimum absolute atomic E-state index is 0.162. The van der Waals surface area contributed by atoms with Crippen molar-refractivity contribution in [2.75, 3.05) is 20.2 Å². The van der Waals surface area contributed by atoms with E-state index in [4.69, 9.17) is 4.74 Å². The molecule has 0 atom stereocenters. The van der Waals surface area contributed by atoms with Crippen LogP contribution in [-0.4, -0.2) is 20.2 Å². The molecular weight excluding hydrogens is 188 g/mol. The predicted molar refractivity (Wildman–Crippen MR) is 48.5 cm³/mol. The van der Waals surface area contributed by atoms with E-state index < -0.39 is 11.6 Å². The molecule has 0 radical (unpaired) electrons. The Morgan fingerprint density at radius 2 is 2.07 bits per heavy atom. The van der Waals surface area contributed by atoms with Gasteiger partial charge in [-0.2, -0.15) is 0 Å². The molecule has 1 N–H and O–H groups in total. The highest BCUT2D eigenvalue weighted by Crippen LogP contribution is 2.32. The number of rotatable bonds is 2. The molecule has 1 heterocycles. The summed E-state index contributed by atoms with van der Waals surface area (Å²) in [7, 11) is 1.39. The maximum absolute atomic E-state index is 13.2. The van der Waals surface area contributed by atoms with Gasteiger partial charge in [-0.25, -0.2) is 8.78 Å². The van der Waals surface area contributed by atoms with Crippen LogP contribution in [0, 0.1) is 11.6 Å². The van der Waals surface area contributed by atoms with E-state index in [-0.39, 0.29) is 11.7 Å². The minimum atomic E-state index is -0.630. The molecular formula is C10H11F2NO. The fourth-order valence-electron chi connectivity index (χ4n) is 1.61. The van der Waals surface area contributed by atoms with Gasteiger partial charge in [0.1, 0.15) is 5.82 Å². The molecule has 1 aliphatic heterocycles. The highest BCUT2D eigenvalue weighted by atomic mass is 19.1. The van der Waals surface area contributed by atoms with Crippen LogP contribution in [0.1, 0.15) is 11.5 Å². The molecule has 2 nitrogen and oxygen atoms in total. The van der Waals surface area contributed by atoms with Gasteiger partial charge in [0.25, 0.3) is 0 Å². The Hall–Kier alpha value is -1.16. The van der Waals surface area contributed by atoms with Gasteiger partial charge < -0.3 is 10.1 Å². The van der Waals surface area contributed by atoms with Gasteiger partial charge in [-0.05, 0) is 6.07 Å². The second-order valence-electron chi connectivity index (χ2n) is 3.37. The Bertz CT molecular complexity index is 350. The van der Waals surface area contributed by atoms with Crippen LogP contribution in [0.25, 0.3) is 0 Å². The lowest BCUT2D eigenvalue weighted by Gasteiger charge is -2.28. The molecule has 0 unspecified atom stereocenters. The fourth-order valence-corrected chi connectivity index (χ4v) is 1.61. The number of hydrogen-bond acceptors (Lipinski definition) is 2. The lowest BCUT2D eigenvalue weighted by atomic mass is 9.92. The van der Waals surface area contributed by atoms with Crippen molar-refractivity contribution < 1.29 is 13.5 Å². The Balaban J connectivity index is 2.44. The molecule has 4 heteroatoms. The average Bonchev–Trinajstić information content (AvgIpc) is 1.99. The third-order valence-corrected chi connectivity index (χ3v) is 2.46. The van der Waals surface area contributed by atoms with E-state index in [9.17, 15) is 8.78 Å². The van der Waals surface area contributed by atoms with Crippen LogP contribution in [0.4, 0.5) is 8.78 Å². The monoisotopic (exact) mass is 199 g/mol. The van der Waals surface area contributed by atoms with Crippen molar-refractivity contribution in [2.45, 2.75) is 5.92 Å². The number of methoxy groups -OCH3 is 1. The van der Waals surface area contributed by atoms with E-state index in [1.54, 1.807) is 0 Å². The molecule has 1 fully saturated rings. The number of hydrogen-bond donors (Lipinski definition) is 1. The van der Waals surface area contributed by atoms with Crippen LogP contribution < -0.4 is 10.1 Å². The molecule has 1 aromatic rings. The quantitative estimate of drug-likeness (QED) is 0.782. The fraction of sp³-hybridized carbons (Fsp3) is 0.400. The predicted octanol–water partition coefficient (Wildman–Crippen LogP) is 1.66. The topological polar surface area (TPSA) is 21.3 Å². The highest BCUT2D eigenvalue weighted by molar-refractivity contribution is 5.39. The smallest absolute Gasteiger partial charge is 0.168 e. The summed E-state index contributed by atoms with van der Waals surface area (Å²) in [6, 6.07) is 2.18. The van der Waals surface area contributed by atoms with E-state index in [1.807, 2.05) is 0 Å². The van der Waals surface area contributed by atoms with Crippen molar-refractivity contribution in [3.05, 3.63) is 29.3 Å². The van der Waals surface area contributed by atoms with Gasteiger partial charge in [0.2, 0.25) is 0 Å². The summed E-state index contributed by atoms with van der Waals surface area (Å²) in [6.45, 7) is 1.50. The SMILES string of the molecule is COc1c(F)cc(F)cc1C1CNC1. The van der Waals surface area contributed by atoms with Crippen LogP contribution in [0.15, 0.2) is 12.1 Å². The second kappa shape index (κ2) is 3.53. The van der Waals surface area contributed by atoms with Crippen LogP contribution in [-0.2, 0) is 0 Å². The van der Waals surface area contributed by atoms with E-state index >= 15 is 0 Å². The summed E-state index contributed by atoms with van der Waals surface area (Å²) < 4.78 is 31.1. The van der Waals surface area contributed by atoms with Gasteiger partial charge >= 0.3 is 0 Å². The summed E-state index contributed by atoms with van der Waals surface area (Å²) in [4.78, 5) is 0. The normalized spacial score (nSPS) is 16.5. The first-order valence-electron chi connectivity index (χ1n) is 4.46. The molecule has 0 amide bonds. The molecule has 1 aromatic carbocycles. The van der Waals surface area contributed by atoms with Gasteiger partial charge in [-0.1, -0.05) is 0 Å². The second-order valence-corrected chi connectivity index (χ2v) is 3.37. The molecule has 1 aliphatic rings. The Morgan fingerprint density at radius 3 is 2.57 bits per heavy atom. The molecule has 2 rings (SSSR count). The number of benzene rings is 1. The Labute approximate surface area is 80.9 Å². The molecule has 0 aromatic heterocycles. The maximum atomic E-state index is 13.2. The zero-order chi connectivity index (χ0) is 10.1. The molecule has 0 saturated carbocycles. The summed E-state index contributed by atoms with van der Waals surface area (Å²) in [5.74, 6) is -0.854. The van der Waals surface area contributed by atoms with Crippen molar-refractivity contribution in [1.82, 2.24) is 5.32 Å². The lowest BCUT2D eigenvalue weighted by molar-refractivity contribution is 0.360. The van der Waals surface area contributed by atoms with Gasteiger partial charge in [0.05, 0.1) is 7.11 Å². The van der Waals surface area contributed by atoms with Crippen molar-refractivity contribution in [1.29, 1.82) is 0 Å². The van der Waals surface area contributed by atoms with E-state index in [1.165, 1.54) is 13.2 Å². The number of nitrogens with one attached hydrogen (secondary N) is 1. The summed E-state index contributed by atoms with van der Waals surface area (Å²) in [5.41, 5.74) is 0.615. The van der Waals surface area contributed by atoms with Gasteiger partial charge in [0, 0.05) is 30.6 Å². The van der Waals surface area contributed by atoms with Crippen molar-refractivity contribution in [2.24, 2.45) is 0 Å². The van der Waals surface area contributed by atoms with Gasteiger partial charge in [0.15, 0.2) is 11.6 Å². The number of halogens is 2. The lowest BCUT2D eigenvalue weighted by Crippen LogP contribution is -2.40. The molecule has 76 valence electrons. The Morgan fingerprint density at radius 1 is 1.36 bits per heavy atom. The molecule has 14 heavy (non-hydrogen) atoms. The van der Waals surface area contributed by atoms with Crippen molar-refractivity contribution in [3.8, 4) is 5.75 Å².